The number of quaternary nitrogens is 1. The fourth-order valence-corrected chi connectivity index (χ4v) is 1.78. The highest BCUT2D eigenvalue weighted by atomic mass is 16.5. The minimum atomic E-state index is 0.838. The molecule has 2 heteroatoms. The molecule has 0 aromatic heterocycles. The second-order valence-electron chi connectivity index (χ2n) is 4.59. The molecule has 0 aliphatic carbocycles. The molecule has 0 saturated heterocycles. The van der Waals surface area contributed by atoms with Crippen molar-refractivity contribution in [1.82, 2.24) is 0 Å². The lowest BCUT2D eigenvalue weighted by Gasteiger charge is -2.06. The van der Waals surface area contributed by atoms with E-state index >= 15 is 0 Å². The smallest absolute Gasteiger partial charge is 0.119 e. The lowest BCUT2D eigenvalue weighted by Crippen LogP contribution is -2.84. The number of nitrogens with two attached hydrogens (primary N) is 1. The Morgan fingerprint density at radius 2 is 1.94 bits per heavy atom. The van der Waals surface area contributed by atoms with Crippen LogP contribution in [0.2, 0.25) is 0 Å². The number of benzene rings is 1. The van der Waals surface area contributed by atoms with Crippen LogP contribution in [0.3, 0.4) is 0 Å². The molecule has 1 aromatic rings. The van der Waals surface area contributed by atoms with Gasteiger partial charge in [0, 0.05) is 0 Å². The SMILES string of the molecule is CCCC[NH2+]CCCCOc1cccc(C)c1. The Kier molecular flexibility index (Phi) is 7.48. The Morgan fingerprint density at radius 1 is 1.12 bits per heavy atom. The number of rotatable bonds is 9. The van der Waals surface area contributed by atoms with Crippen molar-refractivity contribution in [1.29, 1.82) is 0 Å². The average Bonchev–Trinajstić information content (AvgIpc) is 2.33. The maximum atomic E-state index is 5.70. The Bertz CT molecular complexity index is 299. The van der Waals surface area contributed by atoms with Gasteiger partial charge < -0.3 is 10.1 Å². The molecule has 0 fully saturated rings. The molecular formula is C15H26NO+. The van der Waals surface area contributed by atoms with Gasteiger partial charge in [-0.25, -0.2) is 0 Å². The summed E-state index contributed by atoms with van der Waals surface area (Å²) in [4.78, 5) is 0. The lowest BCUT2D eigenvalue weighted by atomic mass is 10.2. The van der Waals surface area contributed by atoms with E-state index in [-0.39, 0.29) is 0 Å². The highest BCUT2D eigenvalue weighted by Gasteiger charge is 1.95. The normalized spacial score (nSPS) is 10.5. The van der Waals surface area contributed by atoms with Gasteiger partial charge in [-0.1, -0.05) is 25.5 Å². The molecule has 0 amide bonds. The van der Waals surface area contributed by atoms with E-state index in [4.69, 9.17) is 4.74 Å². The van der Waals surface area contributed by atoms with Crippen LogP contribution in [-0.2, 0) is 0 Å². The molecule has 0 aliphatic rings. The first-order chi connectivity index (χ1) is 8.33. The maximum absolute atomic E-state index is 5.70. The number of ether oxygens (including phenoxy) is 1. The fraction of sp³-hybridized carbons (Fsp3) is 0.600. The van der Waals surface area contributed by atoms with Crippen LogP contribution >= 0.6 is 0 Å². The summed E-state index contributed by atoms with van der Waals surface area (Å²) in [5.74, 6) is 1.000. The van der Waals surface area contributed by atoms with Gasteiger partial charge in [0.05, 0.1) is 19.7 Å². The Labute approximate surface area is 105 Å². The quantitative estimate of drug-likeness (QED) is 0.655. The second kappa shape index (κ2) is 9.06. The van der Waals surface area contributed by atoms with E-state index in [1.807, 2.05) is 12.1 Å². The van der Waals surface area contributed by atoms with Crippen LogP contribution < -0.4 is 10.1 Å². The fourth-order valence-electron chi connectivity index (χ4n) is 1.78. The first-order valence-corrected chi connectivity index (χ1v) is 6.84. The highest BCUT2D eigenvalue weighted by molar-refractivity contribution is 5.27. The molecule has 0 heterocycles. The van der Waals surface area contributed by atoms with Gasteiger partial charge in [-0.05, 0) is 43.9 Å². The van der Waals surface area contributed by atoms with Gasteiger partial charge in [0.2, 0.25) is 0 Å². The first-order valence-electron chi connectivity index (χ1n) is 6.84. The number of hydrogen-bond acceptors (Lipinski definition) is 1. The van der Waals surface area contributed by atoms with E-state index < -0.39 is 0 Å². The third kappa shape index (κ3) is 7.01. The summed E-state index contributed by atoms with van der Waals surface area (Å²) in [5.41, 5.74) is 1.26. The third-order valence-electron chi connectivity index (χ3n) is 2.82. The first kappa shape index (κ1) is 14.0. The summed E-state index contributed by atoms with van der Waals surface area (Å²) in [7, 11) is 0. The molecule has 0 unspecified atom stereocenters. The van der Waals surface area contributed by atoms with Crippen LogP contribution in [0.4, 0.5) is 0 Å². The molecule has 0 aliphatic heterocycles. The molecular weight excluding hydrogens is 210 g/mol. The Balaban J connectivity index is 1.97. The van der Waals surface area contributed by atoms with Crippen molar-refractivity contribution in [2.45, 2.75) is 39.5 Å². The maximum Gasteiger partial charge on any atom is 0.119 e. The minimum Gasteiger partial charge on any atom is -0.494 e. The number of hydrogen-bond donors (Lipinski definition) is 1. The van der Waals surface area contributed by atoms with E-state index in [9.17, 15) is 0 Å². The monoisotopic (exact) mass is 236 g/mol. The van der Waals surface area contributed by atoms with Gasteiger partial charge in [0.15, 0.2) is 0 Å². The molecule has 2 nitrogen and oxygen atoms in total. The zero-order valence-corrected chi connectivity index (χ0v) is 11.2. The van der Waals surface area contributed by atoms with Crippen molar-refractivity contribution >= 4 is 0 Å². The predicted molar refractivity (Wildman–Crippen MR) is 72.5 cm³/mol. The van der Waals surface area contributed by atoms with Gasteiger partial charge in [0.25, 0.3) is 0 Å². The molecule has 1 aromatic carbocycles. The highest BCUT2D eigenvalue weighted by Crippen LogP contribution is 2.12. The Hall–Kier alpha value is -1.02. The van der Waals surface area contributed by atoms with Crippen molar-refractivity contribution in [3.8, 4) is 5.75 Å². The molecule has 1 rings (SSSR count). The number of aryl methyl sites for hydroxylation is 1. The molecule has 0 spiro atoms. The van der Waals surface area contributed by atoms with Crippen LogP contribution in [-0.4, -0.2) is 19.7 Å². The van der Waals surface area contributed by atoms with Crippen LogP contribution in [0.1, 0.15) is 38.2 Å². The van der Waals surface area contributed by atoms with E-state index in [0.29, 0.717) is 0 Å². The van der Waals surface area contributed by atoms with Crippen LogP contribution in [0, 0.1) is 6.92 Å². The van der Waals surface area contributed by atoms with Crippen molar-refractivity contribution in [3.63, 3.8) is 0 Å². The van der Waals surface area contributed by atoms with Crippen molar-refractivity contribution in [3.05, 3.63) is 29.8 Å². The van der Waals surface area contributed by atoms with Gasteiger partial charge >= 0.3 is 0 Å². The third-order valence-corrected chi connectivity index (χ3v) is 2.82. The van der Waals surface area contributed by atoms with E-state index in [1.165, 1.54) is 37.9 Å². The van der Waals surface area contributed by atoms with Crippen LogP contribution in [0.15, 0.2) is 24.3 Å². The van der Waals surface area contributed by atoms with Crippen molar-refractivity contribution < 1.29 is 10.1 Å². The topological polar surface area (TPSA) is 25.8 Å². The largest absolute Gasteiger partial charge is 0.494 e. The van der Waals surface area contributed by atoms with E-state index in [2.05, 4.69) is 31.3 Å². The van der Waals surface area contributed by atoms with Gasteiger partial charge in [0.1, 0.15) is 5.75 Å². The van der Waals surface area contributed by atoms with Gasteiger partial charge in [-0.3, -0.25) is 0 Å². The van der Waals surface area contributed by atoms with Crippen LogP contribution in [0.25, 0.3) is 0 Å². The summed E-state index contributed by atoms with van der Waals surface area (Å²) in [5, 5.41) is 2.41. The molecule has 0 atom stereocenters. The summed E-state index contributed by atoms with van der Waals surface area (Å²) in [6, 6.07) is 8.26. The second-order valence-corrected chi connectivity index (χ2v) is 4.59. The molecule has 2 N–H and O–H groups in total. The zero-order chi connectivity index (χ0) is 12.3. The van der Waals surface area contributed by atoms with E-state index in [1.54, 1.807) is 0 Å². The molecule has 0 bridgehead atoms. The standard InChI is InChI=1S/C15H25NO/c1-3-4-10-16-11-5-6-12-17-15-9-7-8-14(2)13-15/h7-9,13,16H,3-6,10-12H2,1-2H3/p+1. The van der Waals surface area contributed by atoms with Crippen molar-refractivity contribution in [2.24, 2.45) is 0 Å². The summed E-state index contributed by atoms with van der Waals surface area (Å²) in [6.07, 6.45) is 5.03. The molecule has 96 valence electrons. The molecule has 0 saturated carbocycles. The Morgan fingerprint density at radius 3 is 2.71 bits per heavy atom. The number of unbranched alkanes of at least 4 members (excludes halogenated alkanes) is 2. The van der Waals surface area contributed by atoms with Gasteiger partial charge in [-0.2, -0.15) is 0 Å². The molecule has 0 radical (unpaired) electrons. The summed E-state index contributed by atoms with van der Waals surface area (Å²) >= 11 is 0. The van der Waals surface area contributed by atoms with Crippen LogP contribution in [0.5, 0.6) is 5.75 Å². The average molecular weight is 236 g/mol. The lowest BCUT2D eigenvalue weighted by molar-refractivity contribution is -0.655. The minimum absolute atomic E-state index is 0.838. The molecule has 17 heavy (non-hydrogen) atoms. The summed E-state index contributed by atoms with van der Waals surface area (Å²) in [6.45, 7) is 7.68. The van der Waals surface area contributed by atoms with Gasteiger partial charge in [-0.15, -0.1) is 0 Å². The van der Waals surface area contributed by atoms with E-state index in [0.717, 1.165) is 18.8 Å². The zero-order valence-electron chi connectivity index (χ0n) is 11.2. The summed E-state index contributed by atoms with van der Waals surface area (Å²) < 4.78 is 5.70. The van der Waals surface area contributed by atoms with Crippen molar-refractivity contribution in [2.75, 3.05) is 19.7 Å². The predicted octanol–water partition coefficient (Wildman–Crippen LogP) is 2.52.